The number of benzene rings is 2. The van der Waals surface area contributed by atoms with Crippen molar-refractivity contribution >= 4 is 23.3 Å². The fourth-order valence-corrected chi connectivity index (χ4v) is 3.79. The van der Waals surface area contributed by atoms with Crippen molar-refractivity contribution in [3.63, 3.8) is 0 Å². The molecule has 0 spiro atoms. The summed E-state index contributed by atoms with van der Waals surface area (Å²) < 4.78 is 0. The first kappa shape index (κ1) is 15.0. The van der Waals surface area contributed by atoms with E-state index in [-0.39, 0.29) is 6.04 Å². The van der Waals surface area contributed by atoms with Gasteiger partial charge in [-0.3, -0.25) is 0 Å². The molecule has 1 atom stereocenters. The van der Waals surface area contributed by atoms with Gasteiger partial charge in [0.25, 0.3) is 0 Å². The highest BCUT2D eigenvalue weighted by Crippen LogP contribution is 2.37. The molecule has 0 bridgehead atoms. The molecule has 2 N–H and O–H groups in total. The number of hydrogen-bond donors (Lipinski definition) is 2. The van der Waals surface area contributed by atoms with E-state index in [4.69, 9.17) is 0 Å². The van der Waals surface area contributed by atoms with Crippen molar-refractivity contribution in [1.82, 2.24) is 9.97 Å². The minimum absolute atomic E-state index is 0.222. The Morgan fingerprint density at radius 3 is 2.79 bits per heavy atom. The summed E-state index contributed by atoms with van der Waals surface area (Å²) in [4.78, 5) is 11.0. The molecule has 0 radical (unpaired) electrons. The van der Waals surface area contributed by atoms with Crippen LogP contribution in [0.5, 0.6) is 0 Å². The summed E-state index contributed by atoms with van der Waals surface area (Å²) in [6.07, 6.45) is 4.50. The van der Waals surface area contributed by atoms with E-state index in [1.54, 1.807) is 18.1 Å². The number of nitrogens with one attached hydrogen (secondary N) is 2. The number of rotatable bonds is 4. The topological polar surface area (TPSA) is 49.8 Å². The zero-order chi connectivity index (χ0) is 16.2. The van der Waals surface area contributed by atoms with Gasteiger partial charge in [0.15, 0.2) is 0 Å². The Bertz CT molecular complexity index is 822. The molecule has 1 aliphatic heterocycles. The van der Waals surface area contributed by atoms with E-state index in [2.05, 4.69) is 69.1 Å². The fraction of sp³-hybridized carbons (Fsp3) is 0.158. The molecule has 3 aromatic rings. The van der Waals surface area contributed by atoms with Crippen molar-refractivity contribution in [2.75, 3.05) is 17.2 Å². The highest BCUT2D eigenvalue weighted by molar-refractivity contribution is 7.99. The second-order valence-electron chi connectivity index (χ2n) is 5.65. The van der Waals surface area contributed by atoms with E-state index in [1.807, 2.05) is 12.3 Å². The van der Waals surface area contributed by atoms with E-state index in [1.165, 1.54) is 9.79 Å². The van der Waals surface area contributed by atoms with Crippen LogP contribution in [0.15, 0.2) is 76.9 Å². The monoisotopic (exact) mass is 334 g/mol. The Balaban J connectivity index is 1.60. The molecule has 0 aliphatic carbocycles. The summed E-state index contributed by atoms with van der Waals surface area (Å²) in [7, 11) is 0. The summed E-state index contributed by atoms with van der Waals surface area (Å²) in [5.41, 5.74) is 2.27. The van der Waals surface area contributed by atoms with Crippen molar-refractivity contribution in [3.8, 4) is 0 Å². The second-order valence-corrected chi connectivity index (χ2v) is 6.77. The molecule has 2 aromatic carbocycles. The van der Waals surface area contributed by atoms with Gasteiger partial charge in [-0.1, -0.05) is 42.1 Å². The van der Waals surface area contributed by atoms with E-state index in [0.717, 1.165) is 30.0 Å². The maximum Gasteiger partial charge on any atom is 0.134 e. The summed E-state index contributed by atoms with van der Waals surface area (Å²) >= 11 is 1.77. The SMILES string of the molecule is c1ccc(Sc2ccccc2NC2CCNc3ncncc32)cc1. The Hall–Kier alpha value is -2.53. The molecule has 5 heteroatoms. The molecule has 120 valence electrons. The molecule has 4 nitrogen and oxygen atoms in total. The number of nitrogens with zero attached hydrogens (tertiary/aromatic N) is 2. The molecule has 1 aliphatic rings. The van der Waals surface area contributed by atoms with Gasteiger partial charge < -0.3 is 10.6 Å². The van der Waals surface area contributed by atoms with Gasteiger partial charge in [-0.15, -0.1) is 0 Å². The van der Waals surface area contributed by atoms with Gasteiger partial charge in [0.1, 0.15) is 12.1 Å². The Kier molecular flexibility index (Phi) is 4.34. The summed E-state index contributed by atoms with van der Waals surface area (Å²) in [5, 5.41) is 7.02. The van der Waals surface area contributed by atoms with Crippen molar-refractivity contribution in [3.05, 3.63) is 72.7 Å². The van der Waals surface area contributed by atoms with Crippen LogP contribution in [0.1, 0.15) is 18.0 Å². The predicted octanol–water partition coefficient (Wildman–Crippen LogP) is 4.60. The standard InChI is InChI=1S/C19H18N4S/c1-2-6-14(7-3-1)24-18-9-5-4-8-17(18)23-16-10-11-21-19-15(16)12-20-13-22-19/h1-9,12-13,16,23H,10-11H2,(H,20,21,22). The molecule has 2 heterocycles. The maximum absolute atomic E-state index is 4.33. The van der Waals surface area contributed by atoms with E-state index < -0.39 is 0 Å². The lowest BCUT2D eigenvalue weighted by Crippen LogP contribution is -2.23. The average molecular weight is 334 g/mol. The first-order chi connectivity index (χ1) is 11.9. The third kappa shape index (κ3) is 3.21. The van der Waals surface area contributed by atoms with E-state index in [0.29, 0.717) is 0 Å². The maximum atomic E-state index is 4.33. The van der Waals surface area contributed by atoms with Crippen LogP contribution in [0.3, 0.4) is 0 Å². The molecule has 1 unspecified atom stereocenters. The minimum Gasteiger partial charge on any atom is -0.377 e. The van der Waals surface area contributed by atoms with Crippen LogP contribution in [-0.4, -0.2) is 16.5 Å². The predicted molar refractivity (Wildman–Crippen MR) is 98.5 cm³/mol. The summed E-state index contributed by atoms with van der Waals surface area (Å²) in [6.45, 7) is 0.912. The van der Waals surface area contributed by atoms with Crippen molar-refractivity contribution < 1.29 is 0 Å². The number of anilines is 2. The average Bonchev–Trinajstić information content (AvgIpc) is 2.64. The third-order valence-corrected chi connectivity index (χ3v) is 5.11. The van der Waals surface area contributed by atoms with Gasteiger partial charge in [-0.25, -0.2) is 9.97 Å². The third-order valence-electron chi connectivity index (χ3n) is 4.03. The van der Waals surface area contributed by atoms with Crippen LogP contribution in [0.25, 0.3) is 0 Å². The first-order valence-corrected chi connectivity index (χ1v) is 8.84. The quantitative estimate of drug-likeness (QED) is 0.730. The molecule has 4 rings (SSSR count). The highest BCUT2D eigenvalue weighted by atomic mass is 32.2. The first-order valence-electron chi connectivity index (χ1n) is 8.02. The largest absolute Gasteiger partial charge is 0.377 e. The van der Waals surface area contributed by atoms with Crippen LogP contribution in [0.2, 0.25) is 0 Å². The van der Waals surface area contributed by atoms with Gasteiger partial charge >= 0.3 is 0 Å². The molecule has 0 fully saturated rings. The zero-order valence-corrected chi connectivity index (χ0v) is 14.0. The molecule has 0 amide bonds. The van der Waals surface area contributed by atoms with Gasteiger partial charge in [-0.2, -0.15) is 0 Å². The van der Waals surface area contributed by atoms with Crippen LogP contribution in [0.4, 0.5) is 11.5 Å². The molecular formula is C19H18N4S. The number of aromatic nitrogens is 2. The Labute approximate surface area is 145 Å². The van der Waals surface area contributed by atoms with Gasteiger partial charge in [0.2, 0.25) is 0 Å². The molecule has 24 heavy (non-hydrogen) atoms. The van der Waals surface area contributed by atoms with Gasteiger partial charge in [0, 0.05) is 33.8 Å². The van der Waals surface area contributed by atoms with Crippen molar-refractivity contribution in [1.29, 1.82) is 0 Å². The Morgan fingerprint density at radius 1 is 1.04 bits per heavy atom. The lowest BCUT2D eigenvalue weighted by molar-refractivity contribution is 0.683. The molecule has 1 aromatic heterocycles. The van der Waals surface area contributed by atoms with Crippen LogP contribution >= 0.6 is 11.8 Å². The molecule has 0 saturated carbocycles. The Morgan fingerprint density at radius 2 is 1.88 bits per heavy atom. The molecule has 0 saturated heterocycles. The second kappa shape index (κ2) is 6.93. The van der Waals surface area contributed by atoms with Crippen molar-refractivity contribution in [2.45, 2.75) is 22.3 Å². The minimum atomic E-state index is 0.222. The lowest BCUT2D eigenvalue weighted by atomic mass is 10.0. The smallest absolute Gasteiger partial charge is 0.134 e. The van der Waals surface area contributed by atoms with Gasteiger partial charge in [0.05, 0.1) is 6.04 Å². The van der Waals surface area contributed by atoms with E-state index >= 15 is 0 Å². The van der Waals surface area contributed by atoms with E-state index in [9.17, 15) is 0 Å². The van der Waals surface area contributed by atoms with Gasteiger partial charge in [-0.05, 0) is 30.7 Å². The fourth-order valence-electron chi connectivity index (χ4n) is 2.86. The summed E-state index contributed by atoms with van der Waals surface area (Å²) in [6, 6.07) is 19.1. The van der Waals surface area contributed by atoms with Crippen molar-refractivity contribution in [2.24, 2.45) is 0 Å². The number of fused-ring (bicyclic) bond motifs is 1. The van der Waals surface area contributed by atoms with Crippen LogP contribution < -0.4 is 10.6 Å². The highest BCUT2D eigenvalue weighted by Gasteiger charge is 2.21. The van der Waals surface area contributed by atoms with Crippen LogP contribution in [-0.2, 0) is 0 Å². The number of hydrogen-bond acceptors (Lipinski definition) is 5. The summed E-state index contributed by atoms with van der Waals surface area (Å²) in [5.74, 6) is 0.932. The molecular weight excluding hydrogens is 316 g/mol. The zero-order valence-electron chi connectivity index (χ0n) is 13.1. The number of para-hydroxylation sites is 1. The normalized spacial score (nSPS) is 16.1. The lowest BCUT2D eigenvalue weighted by Gasteiger charge is -2.27. The van der Waals surface area contributed by atoms with Crippen LogP contribution in [0, 0.1) is 0 Å².